The van der Waals surface area contributed by atoms with Gasteiger partial charge in [-0.1, -0.05) is 6.07 Å². The first-order chi connectivity index (χ1) is 8.02. The van der Waals surface area contributed by atoms with Crippen LogP contribution in [0.3, 0.4) is 0 Å². The van der Waals surface area contributed by atoms with Crippen molar-refractivity contribution < 1.29 is 15.0 Å². The summed E-state index contributed by atoms with van der Waals surface area (Å²) in [5.41, 5.74) is -0.0719. The Morgan fingerprint density at radius 2 is 1.88 bits per heavy atom. The smallest absolute Gasteiger partial charge is 0.258 e. The van der Waals surface area contributed by atoms with Crippen molar-refractivity contribution in [2.75, 3.05) is 27.2 Å². The van der Waals surface area contributed by atoms with E-state index in [4.69, 9.17) is 0 Å². The van der Waals surface area contributed by atoms with Gasteiger partial charge in [0.2, 0.25) is 0 Å². The molecule has 17 heavy (non-hydrogen) atoms. The fourth-order valence-electron chi connectivity index (χ4n) is 1.45. The average Bonchev–Trinajstić information content (AvgIpc) is 2.24. The minimum Gasteiger partial charge on any atom is -0.507 e. The monoisotopic (exact) mass is 238 g/mol. The van der Waals surface area contributed by atoms with Gasteiger partial charge in [0.05, 0.1) is 0 Å². The number of nitrogens with zero attached hydrogens (tertiary/aromatic N) is 1. The molecule has 0 spiro atoms. The molecule has 94 valence electrons. The van der Waals surface area contributed by atoms with Crippen LogP contribution in [0.4, 0.5) is 0 Å². The highest BCUT2D eigenvalue weighted by atomic mass is 16.3. The molecule has 1 aromatic rings. The van der Waals surface area contributed by atoms with Gasteiger partial charge in [0.1, 0.15) is 17.1 Å². The number of amides is 1. The first-order valence-corrected chi connectivity index (χ1v) is 5.46. The Morgan fingerprint density at radius 1 is 1.29 bits per heavy atom. The summed E-state index contributed by atoms with van der Waals surface area (Å²) >= 11 is 0. The number of aromatic hydroxyl groups is 2. The maximum absolute atomic E-state index is 11.7. The molecule has 0 aliphatic rings. The van der Waals surface area contributed by atoms with Crippen molar-refractivity contribution in [3.05, 3.63) is 23.8 Å². The number of phenolic OH excluding ortho intramolecular Hbond substituents is 2. The highest BCUT2D eigenvalue weighted by Gasteiger charge is 2.14. The van der Waals surface area contributed by atoms with Gasteiger partial charge in [0.15, 0.2) is 0 Å². The fraction of sp³-hybridized carbons (Fsp3) is 0.417. The van der Waals surface area contributed by atoms with Crippen molar-refractivity contribution in [1.82, 2.24) is 10.2 Å². The van der Waals surface area contributed by atoms with Crippen LogP contribution in [0.15, 0.2) is 18.2 Å². The van der Waals surface area contributed by atoms with Gasteiger partial charge >= 0.3 is 0 Å². The van der Waals surface area contributed by atoms with Crippen molar-refractivity contribution >= 4 is 5.91 Å². The Labute approximate surface area is 101 Å². The average molecular weight is 238 g/mol. The van der Waals surface area contributed by atoms with Crippen LogP contribution in [0.25, 0.3) is 0 Å². The Bertz CT molecular complexity index is 371. The van der Waals surface area contributed by atoms with E-state index in [2.05, 4.69) is 5.32 Å². The van der Waals surface area contributed by atoms with Crippen molar-refractivity contribution in [3.63, 3.8) is 0 Å². The molecule has 0 aromatic heterocycles. The van der Waals surface area contributed by atoms with E-state index in [0.29, 0.717) is 6.54 Å². The van der Waals surface area contributed by atoms with Gasteiger partial charge in [-0.05, 0) is 39.2 Å². The molecule has 1 aromatic carbocycles. The zero-order valence-electron chi connectivity index (χ0n) is 10.1. The third-order valence-corrected chi connectivity index (χ3v) is 2.32. The normalized spacial score (nSPS) is 10.5. The lowest BCUT2D eigenvalue weighted by molar-refractivity contribution is 0.0947. The Hall–Kier alpha value is -1.75. The molecule has 3 N–H and O–H groups in total. The molecule has 0 fully saturated rings. The van der Waals surface area contributed by atoms with Crippen molar-refractivity contribution in [2.45, 2.75) is 6.42 Å². The predicted octanol–water partition coefficient (Wildman–Crippen LogP) is 0.779. The number of benzene rings is 1. The maximum atomic E-state index is 11.7. The minimum atomic E-state index is -0.459. The largest absolute Gasteiger partial charge is 0.507 e. The second-order valence-corrected chi connectivity index (χ2v) is 4.08. The summed E-state index contributed by atoms with van der Waals surface area (Å²) in [6.45, 7) is 1.37. The lowest BCUT2D eigenvalue weighted by Gasteiger charge is -2.11. The molecular weight excluding hydrogens is 220 g/mol. The van der Waals surface area contributed by atoms with Crippen LogP contribution in [0.1, 0.15) is 16.8 Å². The van der Waals surface area contributed by atoms with Crippen LogP contribution in [0.5, 0.6) is 11.5 Å². The minimum absolute atomic E-state index is 0.0719. The second kappa shape index (κ2) is 6.10. The molecule has 0 atom stereocenters. The number of phenols is 2. The number of hydrogen-bond donors (Lipinski definition) is 3. The Morgan fingerprint density at radius 3 is 2.41 bits per heavy atom. The molecule has 0 radical (unpaired) electrons. The van der Waals surface area contributed by atoms with Crippen molar-refractivity contribution in [2.24, 2.45) is 0 Å². The number of nitrogens with one attached hydrogen (secondary N) is 1. The molecule has 0 bridgehead atoms. The lowest BCUT2D eigenvalue weighted by atomic mass is 10.1. The van der Waals surface area contributed by atoms with Crippen LogP contribution in [0, 0.1) is 0 Å². The standard InChI is InChI=1S/C12H18N2O3/c1-14(2)8-4-7-13-12(17)11-9(15)5-3-6-10(11)16/h3,5-6,15-16H,4,7-8H2,1-2H3,(H,13,17). The van der Waals surface area contributed by atoms with Gasteiger partial charge in [0.25, 0.3) is 5.91 Å². The SMILES string of the molecule is CN(C)CCCNC(=O)c1c(O)cccc1O. The maximum Gasteiger partial charge on any atom is 0.258 e. The Balaban J connectivity index is 2.53. The lowest BCUT2D eigenvalue weighted by Crippen LogP contribution is -2.27. The van der Waals surface area contributed by atoms with Gasteiger partial charge in [0, 0.05) is 6.54 Å². The molecule has 0 saturated carbocycles. The summed E-state index contributed by atoms with van der Waals surface area (Å²) in [4.78, 5) is 13.7. The van der Waals surface area contributed by atoms with Crippen LogP contribution >= 0.6 is 0 Å². The Kier molecular flexibility index (Phi) is 4.78. The summed E-state index contributed by atoms with van der Waals surface area (Å²) in [5, 5.41) is 21.6. The van der Waals surface area contributed by atoms with Gasteiger partial charge in [-0.3, -0.25) is 4.79 Å². The first kappa shape index (κ1) is 13.3. The van der Waals surface area contributed by atoms with Gasteiger partial charge in [-0.15, -0.1) is 0 Å². The molecule has 5 nitrogen and oxygen atoms in total. The molecule has 1 amide bonds. The van der Waals surface area contributed by atoms with E-state index in [0.717, 1.165) is 13.0 Å². The highest BCUT2D eigenvalue weighted by molar-refractivity contribution is 5.99. The molecule has 5 heteroatoms. The van der Waals surface area contributed by atoms with E-state index < -0.39 is 5.91 Å². The van der Waals surface area contributed by atoms with E-state index >= 15 is 0 Å². The molecule has 0 aliphatic heterocycles. The van der Waals surface area contributed by atoms with E-state index in [1.807, 2.05) is 19.0 Å². The number of hydrogen-bond acceptors (Lipinski definition) is 4. The number of carbonyl (C=O) groups excluding carboxylic acids is 1. The van der Waals surface area contributed by atoms with Crippen LogP contribution in [-0.4, -0.2) is 48.2 Å². The predicted molar refractivity (Wildman–Crippen MR) is 65.3 cm³/mol. The van der Waals surface area contributed by atoms with E-state index in [1.54, 1.807) is 0 Å². The topological polar surface area (TPSA) is 72.8 Å². The van der Waals surface area contributed by atoms with Crippen LogP contribution in [-0.2, 0) is 0 Å². The van der Waals surface area contributed by atoms with Crippen LogP contribution < -0.4 is 5.32 Å². The third-order valence-electron chi connectivity index (χ3n) is 2.32. The van der Waals surface area contributed by atoms with Gasteiger partial charge < -0.3 is 20.4 Å². The van der Waals surface area contributed by atoms with E-state index in [-0.39, 0.29) is 17.1 Å². The van der Waals surface area contributed by atoms with Crippen molar-refractivity contribution in [3.8, 4) is 11.5 Å². The first-order valence-electron chi connectivity index (χ1n) is 5.46. The highest BCUT2D eigenvalue weighted by Crippen LogP contribution is 2.25. The van der Waals surface area contributed by atoms with E-state index in [1.165, 1.54) is 18.2 Å². The quantitative estimate of drug-likeness (QED) is 0.663. The zero-order valence-corrected chi connectivity index (χ0v) is 10.1. The molecule has 0 saturated heterocycles. The molecule has 0 aliphatic carbocycles. The zero-order chi connectivity index (χ0) is 12.8. The fourth-order valence-corrected chi connectivity index (χ4v) is 1.45. The van der Waals surface area contributed by atoms with Crippen LogP contribution in [0.2, 0.25) is 0 Å². The number of carbonyl (C=O) groups is 1. The van der Waals surface area contributed by atoms with Gasteiger partial charge in [-0.2, -0.15) is 0 Å². The summed E-state index contributed by atoms with van der Waals surface area (Å²) in [6.07, 6.45) is 0.813. The molecule has 1 rings (SSSR count). The van der Waals surface area contributed by atoms with E-state index in [9.17, 15) is 15.0 Å². The summed E-state index contributed by atoms with van der Waals surface area (Å²) in [5.74, 6) is -0.885. The second-order valence-electron chi connectivity index (χ2n) is 4.08. The summed E-state index contributed by atoms with van der Waals surface area (Å²) in [7, 11) is 3.91. The molecule has 0 unspecified atom stereocenters. The molecular formula is C12H18N2O3. The van der Waals surface area contributed by atoms with Crippen molar-refractivity contribution in [1.29, 1.82) is 0 Å². The molecule has 0 heterocycles. The summed E-state index contributed by atoms with van der Waals surface area (Å²) in [6, 6.07) is 4.22. The third kappa shape index (κ3) is 3.96. The number of rotatable bonds is 5. The van der Waals surface area contributed by atoms with Gasteiger partial charge in [-0.25, -0.2) is 0 Å². The summed E-state index contributed by atoms with van der Waals surface area (Å²) < 4.78 is 0.